The maximum atomic E-state index is 12.2. The monoisotopic (exact) mass is 794 g/mol. The number of hydrogen-bond donors (Lipinski definition) is 10. The highest BCUT2D eigenvalue weighted by Crippen LogP contribution is 2.43. The molecule has 14 unspecified atom stereocenters. The van der Waals surface area contributed by atoms with E-state index >= 15 is 0 Å². The van der Waals surface area contributed by atoms with Crippen LogP contribution in [-0.2, 0) is 42.1 Å². The van der Waals surface area contributed by atoms with Crippen LogP contribution in [0.1, 0.15) is 84.5 Å². The highest BCUT2D eigenvalue weighted by atomic mass is 31.2. The molecule has 10 N–H and O–H groups in total. The Kier molecular flexibility index (Phi) is 23.0. The first kappa shape index (κ1) is 48.2. The van der Waals surface area contributed by atoms with Crippen molar-refractivity contribution in [2.24, 2.45) is 5.92 Å². The highest BCUT2D eigenvalue weighted by Gasteiger charge is 2.47. The number of aliphatic hydroxyl groups excluding tert-OH is 9. The number of esters is 1. The molecule has 20 heteroatoms. The summed E-state index contributed by atoms with van der Waals surface area (Å²) in [7, 11) is -4.80. The van der Waals surface area contributed by atoms with Gasteiger partial charge in [-0.3, -0.25) is 13.8 Å². The zero-order valence-corrected chi connectivity index (χ0v) is 31.5. The van der Waals surface area contributed by atoms with E-state index in [1.807, 2.05) is 0 Å². The molecule has 0 spiro atoms. The predicted molar refractivity (Wildman–Crippen MR) is 183 cm³/mol. The van der Waals surface area contributed by atoms with Crippen molar-refractivity contribution in [3.05, 3.63) is 0 Å². The number of phosphoric ester groups is 1. The van der Waals surface area contributed by atoms with E-state index in [4.69, 9.17) is 32.7 Å². The SMILES string of the molecule is CCC(C)CCCCCCCCCCC(=O)OCC(O)COP(=O)(O)OCC(O)COC1OC(COC2OC(CO)C(O)C(O)C2O)C(O)C(O)C1O. The Morgan fingerprint density at radius 3 is 1.74 bits per heavy atom. The third-order valence-corrected chi connectivity index (χ3v) is 10.2. The van der Waals surface area contributed by atoms with Crippen LogP contribution in [0.4, 0.5) is 0 Å². The quantitative estimate of drug-likeness (QED) is 0.0270. The van der Waals surface area contributed by atoms with Gasteiger partial charge in [-0.05, 0) is 12.3 Å². The fourth-order valence-electron chi connectivity index (χ4n) is 5.57. The van der Waals surface area contributed by atoms with E-state index in [0.29, 0.717) is 6.42 Å². The Labute approximate surface area is 310 Å². The minimum absolute atomic E-state index is 0.184. The molecule has 14 atom stereocenters. The Morgan fingerprint density at radius 2 is 1.17 bits per heavy atom. The molecule has 0 amide bonds. The van der Waals surface area contributed by atoms with Crippen LogP contribution in [-0.4, -0.2) is 170 Å². The largest absolute Gasteiger partial charge is 0.472 e. The van der Waals surface area contributed by atoms with Crippen molar-refractivity contribution in [3.8, 4) is 0 Å². The van der Waals surface area contributed by atoms with E-state index in [1.54, 1.807) is 0 Å². The molecule has 0 aromatic heterocycles. The Balaban J connectivity index is 1.61. The molecular formula is C33H63O19P. The van der Waals surface area contributed by atoms with E-state index in [1.165, 1.54) is 38.5 Å². The zero-order chi connectivity index (χ0) is 39.6. The van der Waals surface area contributed by atoms with Crippen LogP contribution < -0.4 is 0 Å². The molecule has 0 bridgehead atoms. The lowest BCUT2D eigenvalue weighted by Gasteiger charge is -2.42. The summed E-state index contributed by atoms with van der Waals surface area (Å²) in [6, 6.07) is 0. The number of rotatable bonds is 27. The Hall–Kier alpha value is -0.940. The van der Waals surface area contributed by atoms with Gasteiger partial charge in [0, 0.05) is 6.42 Å². The predicted octanol–water partition coefficient (Wildman–Crippen LogP) is -1.03. The highest BCUT2D eigenvalue weighted by molar-refractivity contribution is 7.47. The Bertz CT molecular complexity index is 1040. The summed E-state index contributed by atoms with van der Waals surface area (Å²) < 4.78 is 47.8. The van der Waals surface area contributed by atoms with E-state index in [-0.39, 0.29) is 6.42 Å². The fraction of sp³-hybridized carbons (Fsp3) is 0.970. The van der Waals surface area contributed by atoms with Crippen molar-refractivity contribution in [2.75, 3.05) is 39.6 Å². The molecule has 0 saturated carbocycles. The minimum atomic E-state index is -4.80. The number of carbonyl (C=O) groups excluding carboxylic acids is 1. The summed E-state index contributed by atoms with van der Waals surface area (Å²) in [4.78, 5) is 21.9. The first-order valence-electron chi connectivity index (χ1n) is 18.5. The molecule has 0 aliphatic carbocycles. The molecule has 2 rings (SSSR count). The summed E-state index contributed by atoms with van der Waals surface area (Å²) >= 11 is 0. The first-order valence-corrected chi connectivity index (χ1v) is 20.0. The van der Waals surface area contributed by atoms with Crippen LogP contribution in [0.5, 0.6) is 0 Å². The van der Waals surface area contributed by atoms with Crippen molar-refractivity contribution in [1.29, 1.82) is 0 Å². The van der Waals surface area contributed by atoms with Crippen LogP contribution in [0.3, 0.4) is 0 Å². The number of phosphoric acid groups is 1. The van der Waals surface area contributed by atoms with Gasteiger partial charge in [-0.2, -0.15) is 0 Å². The molecule has 2 saturated heterocycles. The van der Waals surface area contributed by atoms with Crippen molar-refractivity contribution >= 4 is 13.8 Å². The van der Waals surface area contributed by atoms with E-state index in [2.05, 4.69) is 13.8 Å². The molecule has 0 radical (unpaired) electrons. The summed E-state index contributed by atoms with van der Waals surface area (Å²) in [6.07, 6.45) is -8.19. The van der Waals surface area contributed by atoms with Gasteiger partial charge in [0.1, 0.15) is 67.6 Å². The summed E-state index contributed by atoms with van der Waals surface area (Å²) in [6.45, 7) is 0.487. The molecule has 2 heterocycles. The fourth-order valence-corrected chi connectivity index (χ4v) is 6.37. The average Bonchev–Trinajstić information content (AvgIpc) is 3.14. The second-order valence-electron chi connectivity index (χ2n) is 13.8. The van der Waals surface area contributed by atoms with Gasteiger partial charge in [-0.25, -0.2) is 4.57 Å². The maximum Gasteiger partial charge on any atom is 0.472 e. The van der Waals surface area contributed by atoms with E-state index in [9.17, 15) is 60.2 Å². The summed E-state index contributed by atoms with van der Waals surface area (Å²) in [5.74, 6) is 0.277. The molecule has 2 aliphatic heterocycles. The Morgan fingerprint density at radius 1 is 0.679 bits per heavy atom. The molecule has 53 heavy (non-hydrogen) atoms. The lowest BCUT2D eigenvalue weighted by Crippen LogP contribution is -2.61. The lowest BCUT2D eigenvalue weighted by molar-refractivity contribution is -0.332. The molecule has 19 nitrogen and oxygen atoms in total. The average molecular weight is 795 g/mol. The van der Waals surface area contributed by atoms with E-state index < -0.39 is 127 Å². The number of hydrogen-bond acceptors (Lipinski definition) is 18. The number of ether oxygens (including phenoxy) is 5. The number of carbonyl (C=O) groups is 1. The van der Waals surface area contributed by atoms with Crippen molar-refractivity contribution < 1.29 is 92.9 Å². The van der Waals surface area contributed by atoms with Gasteiger partial charge in [0.25, 0.3) is 0 Å². The standard InChI is InChI=1S/C33H63O19P/c1-3-20(2)12-10-8-6-4-5-7-9-11-13-25(37)46-15-21(35)17-49-53(44,45)50-18-22(36)16-47-32-31(43)29(41)27(39)24(52-32)19-48-33-30(42)28(40)26(38)23(14-34)51-33/h20-24,26-36,38-43H,3-19H2,1-2H3,(H,44,45). The van der Waals surface area contributed by atoms with Gasteiger partial charge in [0.2, 0.25) is 0 Å². The van der Waals surface area contributed by atoms with Crippen LogP contribution >= 0.6 is 7.82 Å². The zero-order valence-electron chi connectivity index (χ0n) is 30.6. The number of aliphatic hydroxyl groups is 9. The van der Waals surface area contributed by atoms with Gasteiger partial charge in [-0.15, -0.1) is 0 Å². The maximum absolute atomic E-state index is 12.2. The third-order valence-electron chi connectivity index (χ3n) is 9.22. The molecule has 0 aromatic carbocycles. The normalized spacial score (nSPS) is 32.2. The molecule has 2 fully saturated rings. The third kappa shape index (κ3) is 17.8. The van der Waals surface area contributed by atoms with Crippen LogP contribution in [0.25, 0.3) is 0 Å². The lowest BCUT2D eigenvalue weighted by atomic mass is 9.98. The van der Waals surface area contributed by atoms with Crippen molar-refractivity contribution in [1.82, 2.24) is 0 Å². The molecular weight excluding hydrogens is 731 g/mol. The van der Waals surface area contributed by atoms with Crippen molar-refractivity contribution in [3.63, 3.8) is 0 Å². The van der Waals surface area contributed by atoms with Crippen LogP contribution in [0, 0.1) is 5.92 Å². The second-order valence-corrected chi connectivity index (χ2v) is 15.3. The van der Waals surface area contributed by atoms with Gasteiger partial charge < -0.3 is 74.5 Å². The molecule has 314 valence electrons. The number of unbranched alkanes of at least 4 members (excludes halogenated alkanes) is 7. The van der Waals surface area contributed by atoms with Crippen LogP contribution in [0.2, 0.25) is 0 Å². The topological polar surface area (TPSA) is 301 Å². The molecule has 2 aliphatic rings. The summed E-state index contributed by atoms with van der Waals surface area (Å²) in [5.41, 5.74) is 0. The minimum Gasteiger partial charge on any atom is -0.463 e. The second kappa shape index (κ2) is 25.3. The summed E-state index contributed by atoms with van der Waals surface area (Å²) in [5, 5.41) is 90.3. The molecule has 0 aromatic rings. The van der Waals surface area contributed by atoms with E-state index in [0.717, 1.165) is 25.2 Å². The van der Waals surface area contributed by atoms with Crippen LogP contribution in [0.15, 0.2) is 0 Å². The van der Waals surface area contributed by atoms with Gasteiger partial charge in [-0.1, -0.05) is 71.6 Å². The van der Waals surface area contributed by atoms with Gasteiger partial charge in [0.05, 0.1) is 33.0 Å². The van der Waals surface area contributed by atoms with Gasteiger partial charge in [0.15, 0.2) is 12.6 Å². The smallest absolute Gasteiger partial charge is 0.463 e. The van der Waals surface area contributed by atoms with Gasteiger partial charge >= 0.3 is 13.8 Å². The first-order chi connectivity index (χ1) is 25.1. The van der Waals surface area contributed by atoms with Crippen molar-refractivity contribution in [2.45, 2.75) is 158 Å².